The van der Waals surface area contributed by atoms with E-state index in [4.69, 9.17) is 11.6 Å². The summed E-state index contributed by atoms with van der Waals surface area (Å²) >= 11 is 5.89. The van der Waals surface area contributed by atoms with E-state index in [1.807, 2.05) is 56.3 Å². The second-order valence-electron chi connectivity index (χ2n) is 6.78. The Labute approximate surface area is 167 Å². The quantitative estimate of drug-likeness (QED) is 0.673. The molecule has 1 N–H and O–H groups in total. The summed E-state index contributed by atoms with van der Waals surface area (Å²) in [5.41, 5.74) is 1.00. The SMILES string of the molecule is CC(C)C(CO)CN(CC=Cc1ccccc1)S(=O)(=O)c1ccc(Cl)cc1. The van der Waals surface area contributed by atoms with E-state index in [9.17, 15) is 13.5 Å². The third-order valence-electron chi connectivity index (χ3n) is 4.49. The van der Waals surface area contributed by atoms with Gasteiger partial charge in [0.25, 0.3) is 0 Å². The minimum absolute atomic E-state index is 0.0628. The summed E-state index contributed by atoms with van der Waals surface area (Å²) in [7, 11) is -3.70. The van der Waals surface area contributed by atoms with Crippen LogP contribution >= 0.6 is 11.6 Å². The largest absolute Gasteiger partial charge is 0.396 e. The number of hydrogen-bond donors (Lipinski definition) is 1. The van der Waals surface area contributed by atoms with Crippen LogP contribution in [-0.4, -0.2) is 37.5 Å². The molecule has 1 unspecified atom stereocenters. The Hall–Kier alpha value is -1.66. The number of aliphatic hydroxyl groups is 1. The fourth-order valence-electron chi connectivity index (χ4n) is 2.64. The summed E-state index contributed by atoms with van der Waals surface area (Å²) in [6.07, 6.45) is 3.73. The lowest BCUT2D eigenvalue weighted by molar-refractivity contribution is 0.168. The first kappa shape index (κ1) is 21.6. The van der Waals surface area contributed by atoms with Crippen LogP contribution in [0.1, 0.15) is 19.4 Å². The first-order valence-corrected chi connectivity index (χ1v) is 10.7. The maximum atomic E-state index is 13.1. The predicted molar refractivity (Wildman–Crippen MR) is 111 cm³/mol. The van der Waals surface area contributed by atoms with E-state index < -0.39 is 10.0 Å². The van der Waals surface area contributed by atoms with Crippen LogP contribution in [-0.2, 0) is 10.0 Å². The van der Waals surface area contributed by atoms with Gasteiger partial charge in [-0.25, -0.2) is 8.42 Å². The van der Waals surface area contributed by atoms with Crippen molar-refractivity contribution in [2.75, 3.05) is 19.7 Å². The van der Waals surface area contributed by atoms with Crippen molar-refractivity contribution in [1.29, 1.82) is 0 Å². The molecule has 0 fully saturated rings. The van der Waals surface area contributed by atoms with Gasteiger partial charge in [0.15, 0.2) is 0 Å². The fraction of sp³-hybridized carbons (Fsp3) is 0.333. The summed E-state index contributed by atoms with van der Waals surface area (Å²) < 4.78 is 27.7. The van der Waals surface area contributed by atoms with Gasteiger partial charge in [0.2, 0.25) is 10.0 Å². The number of halogens is 1. The molecule has 0 radical (unpaired) electrons. The summed E-state index contributed by atoms with van der Waals surface area (Å²) in [4.78, 5) is 0.195. The zero-order chi connectivity index (χ0) is 19.9. The lowest BCUT2D eigenvalue weighted by Crippen LogP contribution is -2.38. The Morgan fingerprint density at radius 3 is 2.26 bits per heavy atom. The molecule has 1 atom stereocenters. The highest BCUT2D eigenvalue weighted by Crippen LogP contribution is 2.22. The molecule has 2 rings (SSSR count). The van der Waals surface area contributed by atoms with E-state index in [0.717, 1.165) is 5.56 Å². The van der Waals surface area contributed by atoms with E-state index in [1.165, 1.54) is 16.4 Å². The van der Waals surface area contributed by atoms with Gasteiger partial charge in [-0.1, -0.05) is 67.9 Å². The minimum Gasteiger partial charge on any atom is -0.396 e. The number of hydrogen-bond acceptors (Lipinski definition) is 3. The number of sulfonamides is 1. The zero-order valence-corrected chi connectivity index (χ0v) is 17.2. The Kier molecular flexibility index (Phi) is 8.05. The third-order valence-corrected chi connectivity index (χ3v) is 6.58. The molecule has 2 aromatic carbocycles. The molecule has 146 valence electrons. The number of benzene rings is 2. The van der Waals surface area contributed by atoms with Crippen molar-refractivity contribution in [3.63, 3.8) is 0 Å². The summed E-state index contributed by atoms with van der Waals surface area (Å²) in [6.45, 7) is 4.37. The molecule has 4 nitrogen and oxygen atoms in total. The van der Waals surface area contributed by atoms with Gasteiger partial charge < -0.3 is 5.11 Å². The molecule has 0 spiro atoms. The van der Waals surface area contributed by atoms with Crippen LogP contribution in [0.15, 0.2) is 65.6 Å². The maximum Gasteiger partial charge on any atom is 0.243 e. The van der Waals surface area contributed by atoms with Crippen LogP contribution in [0.5, 0.6) is 0 Å². The third kappa shape index (κ3) is 6.18. The van der Waals surface area contributed by atoms with Crippen LogP contribution in [0.2, 0.25) is 5.02 Å². The smallest absolute Gasteiger partial charge is 0.243 e. The lowest BCUT2D eigenvalue weighted by atomic mass is 9.97. The van der Waals surface area contributed by atoms with Crippen molar-refractivity contribution in [1.82, 2.24) is 4.31 Å². The van der Waals surface area contributed by atoms with E-state index >= 15 is 0 Å². The Balaban J connectivity index is 2.27. The molecule has 6 heteroatoms. The van der Waals surface area contributed by atoms with Crippen LogP contribution < -0.4 is 0 Å². The van der Waals surface area contributed by atoms with E-state index in [2.05, 4.69) is 0 Å². The van der Waals surface area contributed by atoms with Gasteiger partial charge in [0, 0.05) is 24.7 Å². The first-order valence-electron chi connectivity index (χ1n) is 8.92. The fourth-order valence-corrected chi connectivity index (χ4v) is 4.21. The lowest BCUT2D eigenvalue weighted by Gasteiger charge is -2.27. The summed E-state index contributed by atoms with van der Waals surface area (Å²) in [5, 5.41) is 10.2. The van der Waals surface area contributed by atoms with Crippen molar-refractivity contribution in [3.05, 3.63) is 71.3 Å². The molecule has 0 aliphatic rings. The minimum atomic E-state index is -3.70. The van der Waals surface area contributed by atoms with Crippen molar-refractivity contribution in [2.24, 2.45) is 11.8 Å². The molecule has 0 aliphatic heterocycles. The molecule has 2 aromatic rings. The molecule has 0 aliphatic carbocycles. The first-order chi connectivity index (χ1) is 12.8. The van der Waals surface area contributed by atoms with Crippen molar-refractivity contribution in [2.45, 2.75) is 18.7 Å². The summed E-state index contributed by atoms with van der Waals surface area (Å²) in [6, 6.07) is 15.9. The number of aliphatic hydroxyl groups excluding tert-OH is 1. The molecule has 0 saturated carbocycles. The van der Waals surface area contributed by atoms with E-state index in [1.54, 1.807) is 12.1 Å². The van der Waals surface area contributed by atoms with Gasteiger partial charge in [-0.05, 0) is 41.7 Å². The zero-order valence-electron chi connectivity index (χ0n) is 15.6. The van der Waals surface area contributed by atoms with E-state index in [-0.39, 0.29) is 36.4 Å². The van der Waals surface area contributed by atoms with E-state index in [0.29, 0.717) is 5.02 Å². The van der Waals surface area contributed by atoms with Crippen molar-refractivity contribution >= 4 is 27.7 Å². The van der Waals surface area contributed by atoms with Crippen LogP contribution in [0.25, 0.3) is 6.08 Å². The van der Waals surface area contributed by atoms with Crippen molar-refractivity contribution < 1.29 is 13.5 Å². The van der Waals surface area contributed by atoms with Gasteiger partial charge in [-0.15, -0.1) is 0 Å². The highest BCUT2D eigenvalue weighted by Gasteiger charge is 2.27. The number of rotatable bonds is 9. The Bertz CT molecular complexity index is 833. The average molecular weight is 408 g/mol. The van der Waals surface area contributed by atoms with Crippen molar-refractivity contribution in [3.8, 4) is 0 Å². The van der Waals surface area contributed by atoms with Gasteiger partial charge in [-0.3, -0.25) is 0 Å². The highest BCUT2D eigenvalue weighted by molar-refractivity contribution is 7.89. The summed E-state index contributed by atoms with van der Waals surface area (Å²) in [5.74, 6) is 0.0215. The molecule has 0 amide bonds. The molecule has 27 heavy (non-hydrogen) atoms. The predicted octanol–water partition coefficient (Wildman–Crippen LogP) is 4.31. The molecular weight excluding hydrogens is 382 g/mol. The van der Waals surface area contributed by atoms with Gasteiger partial charge >= 0.3 is 0 Å². The Morgan fingerprint density at radius 1 is 1.07 bits per heavy atom. The molecule has 0 aromatic heterocycles. The average Bonchev–Trinajstić information content (AvgIpc) is 2.65. The highest BCUT2D eigenvalue weighted by atomic mass is 35.5. The topological polar surface area (TPSA) is 57.6 Å². The molecule has 0 bridgehead atoms. The van der Waals surface area contributed by atoms with Crippen LogP contribution in [0, 0.1) is 11.8 Å². The Morgan fingerprint density at radius 2 is 1.70 bits per heavy atom. The maximum absolute atomic E-state index is 13.1. The van der Waals surface area contributed by atoms with Gasteiger partial charge in [0.1, 0.15) is 0 Å². The normalized spacial score (nSPS) is 13.6. The molecule has 0 saturated heterocycles. The second-order valence-corrected chi connectivity index (χ2v) is 9.15. The van der Waals surface area contributed by atoms with Crippen LogP contribution in [0.4, 0.5) is 0 Å². The molecule has 0 heterocycles. The number of nitrogens with zero attached hydrogens (tertiary/aromatic N) is 1. The van der Waals surface area contributed by atoms with Gasteiger partial charge in [0.05, 0.1) is 4.90 Å². The standard InChI is InChI=1S/C21H26ClNO3S/c1-17(2)19(16-24)15-23(14-6-9-18-7-4-3-5-8-18)27(25,26)21-12-10-20(22)11-13-21/h3-13,17,19,24H,14-16H2,1-2H3. The molecular formula is C21H26ClNO3S. The monoisotopic (exact) mass is 407 g/mol. The van der Waals surface area contributed by atoms with Gasteiger partial charge in [-0.2, -0.15) is 4.31 Å². The van der Waals surface area contributed by atoms with Crippen LogP contribution in [0.3, 0.4) is 0 Å². The second kappa shape index (κ2) is 10.0.